The van der Waals surface area contributed by atoms with Gasteiger partial charge in [-0.2, -0.15) is 0 Å². The van der Waals surface area contributed by atoms with Crippen molar-refractivity contribution >= 4 is 5.97 Å². The van der Waals surface area contributed by atoms with Gasteiger partial charge in [-0.25, -0.2) is 0 Å². The van der Waals surface area contributed by atoms with Gasteiger partial charge in [0.2, 0.25) is 0 Å². The number of rotatable bonds is 21. The first kappa shape index (κ1) is 31.7. The van der Waals surface area contributed by atoms with Crippen molar-refractivity contribution in [3.05, 3.63) is 83.9 Å². The van der Waals surface area contributed by atoms with E-state index in [1.54, 1.807) is 7.11 Å². The monoisotopic (exact) mass is 526 g/mol. The Morgan fingerprint density at radius 2 is 1.50 bits per heavy atom. The van der Waals surface area contributed by atoms with Crippen molar-refractivity contribution in [3.8, 4) is 0 Å². The third kappa shape index (κ3) is 14.4. The molecular formula is C32H46O6. The molecule has 38 heavy (non-hydrogen) atoms. The Balaban J connectivity index is 1.92. The van der Waals surface area contributed by atoms with Crippen molar-refractivity contribution in [1.82, 2.24) is 0 Å². The molecular weight excluding hydrogens is 480 g/mol. The topological polar surface area (TPSA) is 63.2 Å². The van der Waals surface area contributed by atoms with Crippen molar-refractivity contribution in [2.75, 3.05) is 20.5 Å². The second-order valence-corrected chi connectivity index (χ2v) is 9.35. The number of ether oxygens (including phenoxy) is 5. The van der Waals surface area contributed by atoms with Crippen LogP contribution in [0, 0.1) is 5.92 Å². The summed E-state index contributed by atoms with van der Waals surface area (Å²) in [6, 6.07) is 20.2. The lowest BCUT2D eigenvalue weighted by Crippen LogP contribution is -2.20. The average Bonchev–Trinajstić information content (AvgIpc) is 2.94. The number of benzene rings is 2. The molecule has 0 bridgehead atoms. The Hall–Kier alpha value is -2.51. The van der Waals surface area contributed by atoms with Crippen LogP contribution in [-0.2, 0) is 41.7 Å². The van der Waals surface area contributed by atoms with E-state index in [2.05, 4.69) is 31.2 Å². The zero-order valence-electron chi connectivity index (χ0n) is 23.4. The van der Waals surface area contributed by atoms with E-state index in [1.807, 2.05) is 55.5 Å². The van der Waals surface area contributed by atoms with Crippen LogP contribution in [0.5, 0.6) is 0 Å². The minimum Gasteiger partial charge on any atom is -0.466 e. The van der Waals surface area contributed by atoms with Gasteiger partial charge in [0.05, 0.1) is 32.3 Å². The fraction of sp³-hybridized carbons (Fsp3) is 0.531. The highest BCUT2D eigenvalue weighted by Gasteiger charge is 2.17. The Kier molecular flexibility index (Phi) is 17.1. The summed E-state index contributed by atoms with van der Waals surface area (Å²) in [5, 5.41) is 0. The SMILES string of the molecule is CCCCCC(C=CC(CCC(OC)OCOCc1ccccc1)CC(=O)OCC)OCc1ccccc1. The quantitative estimate of drug-likeness (QED) is 0.0740. The van der Waals surface area contributed by atoms with Gasteiger partial charge in [0.25, 0.3) is 0 Å². The summed E-state index contributed by atoms with van der Waals surface area (Å²) in [5.74, 6) is -0.203. The lowest BCUT2D eigenvalue weighted by atomic mass is 9.97. The molecule has 6 nitrogen and oxygen atoms in total. The smallest absolute Gasteiger partial charge is 0.306 e. The molecule has 3 atom stereocenters. The summed E-state index contributed by atoms with van der Waals surface area (Å²) < 4.78 is 28.4. The minimum atomic E-state index is -0.418. The van der Waals surface area contributed by atoms with Crippen LogP contribution in [0.25, 0.3) is 0 Å². The number of hydrogen-bond acceptors (Lipinski definition) is 6. The second-order valence-electron chi connectivity index (χ2n) is 9.35. The fourth-order valence-corrected chi connectivity index (χ4v) is 4.07. The lowest BCUT2D eigenvalue weighted by molar-refractivity contribution is -0.190. The van der Waals surface area contributed by atoms with Crippen molar-refractivity contribution in [1.29, 1.82) is 0 Å². The highest BCUT2D eigenvalue weighted by molar-refractivity contribution is 5.69. The molecule has 0 radical (unpaired) electrons. The molecule has 0 saturated carbocycles. The molecule has 2 aromatic carbocycles. The second kappa shape index (κ2) is 20.5. The van der Waals surface area contributed by atoms with Crippen LogP contribution < -0.4 is 0 Å². The summed E-state index contributed by atoms with van der Waals surface area (Å²) in [7, 11) is 1.62. The van der Waals surface area contributed by atoms with E-state index in [9.17, 15) is 4.79 Å². The number of unbranched alkanes of at least 4 members (excludes halogenated alkanes) is 2. The van der Waals surface area contributed by atoms with E-state index in [1.165, 1.54) is 6.42 Å². The molecule has 3 unspecified atom stereocenters. The summed E-state index contributed by atoms with van der Waals surface area (Å²) >= 11 is 0. The Bertz CT molecular complexity index is 870. The van der Waals surface area contributed by atoms with Gasteiger partial charge in [-0.05, 0) is 43.2 Å². The van der Waals surface area contributed by atoms with Crippen molar-refractivity contribution < 1.29 is 28.5 Å². The van der Waals surface area contributed by atoms with Gasteiger partial charge >= 0.3 is 5.97 Å². The Morgan fingerprint density at radius 1 is 0.816 bits per heavy atom. The first-order chi connectivity index (χ1) is 18.6. The van der Waals surface area contributed by atoms with Gasteiger partial charge in [-0.1, -0.05) is 99.0 Å². The fourth-order valence-electron chi connectivity index (χ4n) is 4.07. The van der Waals surface area contributed by atoms with Crippen LogP contribution >= 0.6 is 0 Å². The Morgan fingerprint density at radius 3 is 2.13 bits per heavy atom. The molecule has 0 aliphatic heterocycles. The molecule has 0 aromatic heterocycles. The molecule has 2 aromatic rings. The lowest BCUT2D eigenvalue weighted by Gasteiger charge is -2.20. The highest BCUT2D eigenvalue weighted by atomic mass is 16.7. The van der Waals surface area contributed by atoms with Gasteiger partial charge in [-0.15, -0.1) is 0 Å². The van der Waals surface area contributed by atoms with Gasteiger partial charge in [-0.3, -0.25) is 4.79 Å². The van der Waals surface area contributed by atoms with E-state index in [4.69, 9.17) is 23.7 Å². The molecule has 0 N–H and O–H groups in total. The predicted molar refractivity (Wildman–Crippen MR) is 150 cm³/mol. The molecule has 0 fully saturated rings. The van der Waals surface area contributed by atoms with Crippen molar-refractivity contribution in [3.63, 3.8) is 0 Å². The molecule has 0 heterocycles. The number of carbonyl (C=O) groups is 1. The molecule has 0 spiro atoms. The van der Waals surface area contributed by atoms with Crippen LogP contribution in [0.1, 0.15) is 69.9 Å². The van der Waals surface area contributed by atoms with Crippen LogP contribution in [0.3, 0.4) is 0 Å². The molecule has 0 saturated heterocycles. The number of esters is 1. The van der Waals surface area contributed by atoms with E-state index >= 15 is 0 Å². The standard InChI is InChI=1S/C32H46O6/c1-4-6-9-18-30(37-25-29-16-12-8-13-17-29)21-19-27(23-31(33)36-5-2)20-22-32(34-3)38-26-35-24-28-14-10-7-11-15-28/h7-8,10-17,19,21,27,30,32H,4-6,9,18,20,22-26H2,1-3H3. The van der Waals surface area contributed by atoms with Crippen LogP contribution in [0.15, 0.2) is 72.8 Å². The van der Waals surface area contributed by atoms with Gasteiger partial charge < -0.3 is 23.7 Å². The van der Waals surface area contributed by atoms with E-state index in [0.717, 1.165) is 30.4 Å². The molecule has 0 aliphatic carbocycles. The molecule has 210 valence electrons. The van der Waals surface area contributed by atoms with Crippen molar-refractivity contribution in [2.45, 2.75) is 84.4 Å². The third-order valence-electron chi connectivity index (χ3n) is 6.22. The summed E-state index contributed by atoms with van der Waals surface area (Å²) in [6.45, 7) is 5.58. The first-order valence-electron chi connectivity index (χ1n) is 13.9. The maximum Gasteiger partial charge on any atom is 0.306 e. The van der Waals surface area contributed by atoms with Crippen LogP contribution in [0.4, 0.5) is 0 Å². The number of hydrogen-bond donors (Lipinski definition) is 0. The van der Waals surface area contributed by atoms with Gasteiger partial charge in [0.15, 0.2) is 6.29 Å². The Labute approximate surface area is 229 Å². The normalized spacial score (nSPS) is 13.9. The zero-order valence-corrected chi connectivity index (χ0v) is 23.4. The number of carbonyl (C=O) groups excluding carboxylic acids is 1. The first-order valence-corrected chi connectivity index (χ1v) is 13.9. The summed E-state index contributed by atoms with van der Waals surface area (Å²) in [4.78, 5) is 12.3. The number of methoxy groups -OCH3 is 1. The van der Waals surface area contributed by atoms with E-state index in [0.29, 0.717) is 39.1 Å². The van der Waals surface area contributed by atoms with Gasteiger partial charge in [0, 0.05) is 7.11 Å². The van der Waals surface area contributed by atoms with Gasteiger partial charge in [0.1, 0.15) is 6.79 Å². The number of allylic oxidation sites excluding steroid dienone is 1. The highest BCUT2D eigenvalue weighted by Crippen LogP contribution is 2.20. The maximum atomic E-state index is 12.3. The van der Waals surface area contributed by atoms with E-state index < -0.39 is 6.29 Å². The average molecular weight is 527 g/mol. The van der Waals surface area contributed by atoms with E-state index in [-0.39, 0.29) is 24.8 Å². The minimum absolute atomic E-state index is 0.00506. The third-order valence-corrected chi connectivity index (χ3v) is 6.22. The van der Waals surface area contributed by atoms with Crippen molar-refractivity contribution in [2.24, 2.45) is 5.92 Å². The van der Waals surface area contributed by atoms with Crippen LogP contribution in [-0.4, -0.2) is 38.9 Å². The molecule has 6 heteroatoms. The largest absolute Gasteiger partial charge is 0.466 e. The molecule has 0 amide bonds. The van der Waals surface area contributed by atoms with Crippen LogP contribution in [0.2, 0.25) is 0 Å². The molecule has 0 aliphatic rings. The predicted octanol–water partition coefficient (Wildman–Crippen LogP) is 7.22. The summed E-state index contributed by atoms with van der Waals surface area (Å²) in [6.07, 6.45) is 9.84. The maximum absolute atomic E-state index is 12.3. The summed E-state index contributed by atoms with van der Waals surface area (Å²) in [5.41, 5.74) is 2.24. The molecule has 2 rings (SSSR count). The zero-order chi connectivity index (χ0) is 27.3.